The molecule has 2 rings (SSSR count). The van der Waals surface area contributed by atoms with Gasteiger partial charge in [0.2, 0.25) is 0 Å². The summed E-state index contributed by atoms with van der Waals surface area (Å²) in [6, 6.07) is 6.18. The average Bonchev–Trinajstić information content (AvgIpc) is 2.71. The molecule has 0 bridgehead atoms. The molecule has 0 amide bonds. The van der Waals surface area contributed by atoms with E-state index in [-0.39, 0.29) is 0 Å². The molecule has 2 aromatic rings. The van der Waals surface area contributed by atoms with E-state index in [1.165, 1.54) is 4.88 Å². The second kappa shape index (κ2) is 3.74. The molecule has 0 aliphatic rings. The van der Waals surface area contributed by atoms with E-state index in [2.05, 4.69) is 32.4 Å². The Morgan fingerprint density at radius 1 is 1.50 bits per heavy atom. The topological polar surface area (TPSA) is 29.9 Å². The van der Waals surface area contributed by atoms with Gasteiger partial charge < -0.3 is 5.32 Å². The van der Waals surface area contributed by atoms with Crippen molar-refractivity contribution in [2.24, 2.45) is 7.05 Å². The lowest BCUT2D eigenvalue weighted by atomic mass is 10.3. The van der Waals surface area contributed by atoms with E-state index in [0.717, 1.165) is 15.3 Å². The maximum absolute atomic E-state index is 4.31. The van der Waals surface area contributed by atoms with Gasteiger partial charge in [-0.1, -0.05) is 0 Å². The van der Waals surface area contributed by atoms with Crippen LogP contribution in [0.15, 0.2) is 22.0 Å². The molecule has 2 heterocycles. The monoisotopic (exact) mass is 271 g/mol. The average molecular weight is 272 g/mol. The first-order chi connectivity index (χ1) is 6.70. The number of hydrogen-bond donors (Lipinski definition) is 1. The van der Waals surface area contributed by atoms with Crippen LogP contribution >= 0.6 is 27.3 Å². The highest BCUT2D eigenvalue weighted by Crippen LogP contribution is 2.31. The number of thiophene rings is 1. The number of hydrogen-bond acceptors (Lipinski definition) is 3. The molecule has 0 spiro atoms. The SMILES string of the molecule is CNc1cc(-c2ccc(Br)s2)n(C)n1. The first kappa shape index (κ1) is 9.73. The number of halogens is 1. The highest BCUT2D eigenvalue weighted by molar-refractivity contribution is 9.11. The van der Waals surface area contributed by atoms with Gasteiger partial charge in [0.05, 0.1) is 14.4 Å². The lowest BCUT2D eigenvalue weighted by Gasteiger charge is -1.95. The molecule has 3 nitrogen and oxygen atoms in total. The van der Waals surface area contributed by atoms with Crippen molar-refractivity contribution in [1.29, 1.82) is 0 Å². The van der Waals surface area contributed by atoms with Crippen molar-refractivity contribution in [2.75, 3.05) is 12.4 Å². The Morgan fingerprint density at radius 3 is 2.79 bits per heavy atom. The third kappa shape index (κ3) is 1.69. The van der Waals surface area contributed by atoms with Crippen LogP contribution in [-0.4, -0.2) is 16.8 Å². The molecule has 0 unspecified atom stereocenters. The van der Waals surface area contributed by atoms with Gasteiger partial charge in [-0.15, -0.1) is 11.3 Å². The van der Waals surface area contributed by atoms with E-state index >= 15 is 0 Å². The van der Waals surface area contributed by atoms with Gasteiger partial charge in [-0.2, -0.15) is 5.10 Å². The maximum atomic E-state index is 4.31. The molecule has 1 N–H and O–H groups in total. The van der Waals surface area contributed by atoms with E-state index < -0.39 is 0 Å². The van der Waals surface area contributed by atoms with Crippen LogP contribution in [0, 0.1) is 0 Å². The molecule has 74 valence electrons. The highest BCUT2D eigenvalue weighted by atomic mass is 79.9. The van der Waals surface area contributed by atoms with Gasteiger partial charge in [-0.25, -0.2) is 0 Å². The molecular weight excluding hydrogens is 262 g/mol. The van der Waals surface area contributed by atoms with Crippen LogP contribution in [0.5, 0.6) is 0 Å². The van der Waals surface area contributed by atoms with Crippen LogP contribution in [0.4, 0.5) is 5.82 Å². The van der Waals surface area contributed by atoms with Crippen LogP contribution in [0.2, 0.25) is 0 Å². The van der Waals surface area contributed by atoms with E-state index in [0.29, 0.717) is 0 Å². The van der Waals surface area contributed by atoms with E-state index in [1.54, 1.807) is 11.3 Å². The fraction of sp³-hybridized carbons (Fsp3) is 0.222. The predicted molar refractivity (Wildman–Crippen MR) is 63.8 cm³/mol. The van der Waals surface area contributed by atoms with Crippen LogP contribution in [0.25, 0.3) is 10.6 Å². The lowest BCUT2D eigenvalue weighted by Crippen LogP contribution is -1.94. The van der Waals surface area contributed by atoms with Crippen molar-refractivity contribution in [2.45, 2.75) is 0 Å². The molecule has 5 heteroatoms. The Bertz CT molecular complexity index is 447. The van der Waals surface area contributed by atoms with Crippen LogP contribution in [-0.2, 0) is 7.05 Å². The molecule has 0 atom stereocenters. The second-order valence-electron chi connectivity index (χ2n) is 2.89. The predicted octanol–water partition coefficient (Wildman–Crippen LogP) is 2.95. The zero-order valence-electron chi connectivity index (χ0n) is 7.91. The van der Waals surface area contributed by atoms with Gasteiger partial charge in [0, 0.05) is 20.2 Å². The summed E-state index contributed by atoms with van der Waals surface area (Å²) in [5.74, 6) is 0.895. The van der Waals surface area contributed by atoms with Gasteiger partial charge in [0.1, 0.15) is 5.82 Å². The zero-order valence-corrected chi connectivity index (χ0v) is 10.3. The van der Waals surface area contributed by atoms with Gasteiger partial charge in [0.25, 0.3) is 0 Å². The Balaban J connectivity index is 2.45. The summed E-state index contributed by atoms with van der Waals surface area (Å²) < 4.78 is 3.02. The molecule has 0 saturated carbocycles. The summed E-state index contributed by atoms with van der Waals surface area (Å²) in [4.78, 5) is 1.22. The largest absolute Gasteiger partial charge is 0.372 e. The van der Waals surface area contributed by atoms with Crippen molar-refractivity contribution < 1.29 is 0 Å². The molecule has 0 aliphatic carbocycles. The maximum Gasteiger partial charge on any atom is 0.148 e. The number of rotatable bonds is 2. The first-order valence-electron chi connectivity index (χ1n) is 4.18. The van der Waals surface area contributed by atoms with Crippen molar-refractivity contribution in [3.63, 3.8) is 0 Å². The minimum absolute atomic E-state index is 0.895. The summed E-state index contributed by atoms with van der Waals surface area (Å²) in [5.41, 5.74) is 1.13. The third-order valence-corrected chi connectivity index (χ3v) is 3.61. The lowest BCUT2D eigenvalue weighted by molar-refractivity contribution is 0.780. The van der Waals surface area contributed by atoms with Crippen LogP contribution in [0.1, 0.15) is 0 Å². The van der Waals surface area contributed by atoms with Crippen LogP contribution < -0.4 is 5.32 Å². The summed E-state index contributed by atoms with van der Waals surface area (Å²) in [6.45, 7) is 0. The standard InChI is InChI=1S/C9H10BrN3S/c1-11-9-5-6(13(2)12-9)7-3-4-8(10)14-7/h3-5H,1-2H3,(H,11,12). The molecule has 0 saturated heterocycles. The molecule has 0 aromatic carbocycles. The highest BCUT2D eigenvalue weighted by Gasteiger charge is 2.08. The quantitative estimate of drug-likeness (QED) is 0.910. The van der Waals surface area contributed by atoms with Crippen molar-refractivity contribution in [3.05, 3.63) is 22.0 Å². The fourth-order valence-electron chi connectivity index (χ4n) is 1.27. The second-order valence-corrected chi connectivity index (χ2v) is 5.36. The van der Waals surface area contributed by atoms with Gasteiger partial charge in [-0.3, -0.25) is 4.68 Å². The summed E-state index contributed by atoms with van der Waals surface area (Å²) in [6.07, 6.45) is 0. The van der Waals surface area contributed by atoms with Crippen molar-refractivity contribution >= 4 is 33.1 Å². The first-order valence-corrected chi connectivity index (χ1v) is 5.79. The third-order valence-electron chi connectivity index (χ3n) is 1.96. The zero-order chi connectivity index (χ0) is 10.1. The molecule has 0 aliphatic heterocycles. The van der Waals surface area contributed by atoms with E-state index in [4.69, 9.17) is 0 Å². The molecular formula is C9H10BrN3S. The van der Waals surface area contributed by atoms with E-state index in [1.807, 2.05) is 30.9 Å². The summed E-state index contributed by atoms with van der Waals surface area (Å²) >= 11 is 5.16. The summed E-state index contributed by atoms with van der Waals surface area (Å²) in [7, 11) is 3.82. The number of nitrogens with one attached hydrogen (secondary N) is 1. The Kier molecular flexibility index (Phi) is 2.60. The van der Waals surface area contributed by atoms with Crippen LogP contribution in [0.3, 0.4) is 0 Å². The molecule has 0 radical (unpaired) electrons. The number of aromatic nitrogens is 2. The summed E-state index contributed by atoms with van der Waals surface area (Å²) in [5, 5.41) is 7.34. The van der Waals surface area contributed by atoms with Crippen molar-refractivity contribution in [3.8, 4) is 10.6 Å². The van der Waals surface area contributed by atoms with Gasteiger partial charge in [0.15, 0.2) is 0 Å². The number of aryl methyl sites for hydroxylation is 1. The van der Waals surface area contributed by atoms with E-state index in [9.17, 15) is 0 Å². The minimum Gasteiger partial charge on any atom is -0.372 e. The minimum atomic E-state index is 0.895. The van der Waals surface area contributed by atoms with Gasteiger partial charge in [-0.05, 0) is 28.1 Å². The smallest absolute Gasteiger partial charge is 0.148 e. The Hall–Kier alpha value is -0.810. The Morgan fingerprint density at radius 2 is 2.29 bits per heavy atom. The number of anilines is 1. The molecule has 14 heavy (non-hydrogen) atoms. The fourth-order valence-corrected chi connectivity index (χ4v) is 2.71. The Labute approximate surface area is 94.9 Å². The van der Waals surface area contributed by atoms with Gasteiger partial charge >= 0.3 is 0 Å². The molecule has 0 fully saturated rings. The molecule has 2 aromatic heterocycles. The number of nitrogens with zero attached hydrogens (tertiary/aromatic N) is 2. The van der Waals surface area contributed by atoms with Crippen molar-refractivity contribution in [1.82, 2.24) is 9.78 Å². The normalized spacial score (nSPS) is 10.5.